The van der Waals surface area contributed by atoms with Crippen molar-refractivity contribution >= 4 is 22.5 Å². The third-order valence-corrected chi connectivity index (χ3v) is 3.86. The molecule has 0 saturated carbocycles. The molecule has 1 N–H and O–H groups in total. The van der Waals surface area contributed by atoms with Crippen LogP contribution in [-0.2, 0) is 13.6 Å². The van der Waals surface area contributed by atoms with Crippen LogP contribution in [0.3, 0.4) is 0 Å². The predicted octanol–water partition coefficient (Wildman–Crippen LogP) is 3.03. The van der Waals surface area contributed by atoms with Gasteiger partial charge in [-0.3, -0.25) is 9.36 Å². The first-order valence-corrected chi connectivity index (χ1v) is 7.36. The zero-order valence-electron chi connectivity index (χ0n) is 12.3. The minimum absolute atomic E-state index is 0.0803. The molecule has 2 heterocycles. The van der Waals surface area contributed by atoms with Crippen molar-refractivity contribution in [1.82, 2.24) is 14.9 Å². The number of fused-ring (bicyclic) bond motifs is 1. The van der Waals surface area contributed by atoms with E-state index in [1.807, 2.05) is 19.1 Å². The maximum absolute atomic E-state index is 12.4. The molecule has 0 unspecified atom stereocenters. The summed E-state index contributed by atoms with van der Waals surface area (Å²) in [4.78, 5) is 17.0. The van der Waals surface area contributed by atoms with Gasteiger partial charge in [-0.15, -0.1) is 0 Å². The molecule has 0 saturated heterocycles. The Hall–Kier alpha value is -2.11. The Labute approximate surface area is 132 Å². The van der Waals surface area contributed by atoms with E-state index in [9.17, 15) is 4.79 Å². The maximum Gasteiger partial charge on any atom is 0.261 e. The van der Waals surface area contributed by atoms with Crippen LogP contribution in [0, 0.1) is 0 Å². The highest BCUT2D eigenvalue weighted by Crippen LogP contribution is 2.17. The van der Waals surface area contributed by atoms with E-state index in [4.69, 9.17) is 16.0 Å². The Morgan fingerprint density at radius 1 is 1.41 bits per heavy atom. The van der Waals surface area contributed by atoms with E-state index >= 15 is 0 Å². The van der Waals surface area contributed by atoms with Crippen LogP contribution < -0.4 is 10.9 Å². The molecule has 6 heteroatoms. The number of benzene rings is 1. The minimum atomic E-state index is -0.105. The van der Waals surface area contributed by atoms with Crippen LogP contribution in [-0.4, -0.2) is 9.55 Å². The molecule has 0 amide bonds. The van der Waals surface area contributed by atoms with Crippen molar-refractivity contribution in [2.75, 3.05) is 0 Å². The van der Waals surface area contributed by atoms with Crippen molar-refractivity contribution in [3.63, 3.8) is 0 Å². The molecule has 0 aliphatic carbocycles. The highest BCUT2D eigenvalue weighted by atomic mass is 35.5. The molecule has 1 aromatic carbocycles. The summed E-state index contributed by atoms with van der Waals surface area (Å²) in [6, 6.07) is 8.75. The SMILES string of the molecule is C[C@@H](NCc1ccco1)c1nc2cc(Cl)ccc2c(=O)n1C. The molecule has 3 rings (SSSR count). The molecule has 0 aliphatic heterocycles. The van der Waals surface area contributed by atoms with E-state index in [1.54, 1.807) is 36.1 Å². The van der Waals surface area contributed by atoms with Crippen molar-refractivity contribution in [3.8, 4) is 0 Å². The standard InChI is InChI=1S/C16H16ClN3O2/c1-10(18-9-12-4-3-7-22-12)15-19-14-8-11(17)5-6-13(14)16(21)20(15)2/h3-8,10,18H,9H2,1-2H3/t10-/m1/s1. The Bertz CT molecular complexity index is 856. The van der Waals surface area contributed by atoms with Crippen LogP contribution in [0.4, 0.5) is 0 Å². The van der Waals surface area contributed by atoms with Crippen LogP contribution in [0.25, 0.3) is 10.9 Å². The fourth-order valence-electron chi connectivity index (χ4n) is 2.41. The molecule has 3 aromatic rings. The summed E-state index contributed by atoms with van der Waals surface area (Å²) in [5.74, 6) is 1.49. The van der Waals surface area contributed by atoms with Crippen LogP contribution in [0.15, 0.2) is 45.8 Å². The van der Waals surface area contributed by atoms with E-state index < -0.39 is 0 Å². The molecule has 2 aromatic heterocycles. The topological polar surface area (TPSA) is 60.1 Å². The fourth-order valence-corrected chi connectivity index (χ4v) is 2.57. The largest absolute Gasteiger partial charge is 0.468 e. The van der Waals surface area contributed by atoms with Gasteiger partial charge in [-0.25, -0.2) is 4.98 Å². The smallest absolute Gasteiger partial charge is 0.261 e. The molecule has 22 heavy (non-hydrogen) atoms. The second-order valence-electron chi connectivity index (χ2n) is 5.18. The van der Waals surface area contributed by atoms with E-state index in [-0.39, 0.29) is 11.6 Å². The number of halogens is 1. The number of rotatable bonds is 4. The van der Waals surface area contributed by atoms with E-state index in [0.717, 1.165) is 5.76 Å². The lowest BCUT2D eigenvalue weighted by Crippen LogP contribution is -2.29. The average molecular weight is 318 g/mol. The van der Waals surface area contributed by atoms with Gasteiger partial charge in [0, 0.05) is 12.1 Å². The van der Waals surface area contributed by atoms with Gasteiger partial charge >= 0.3 is 0 Å². The highest BCUT2D eigenvalue weighted by molar-refractivity contribution is 6.31. The molecule has 114 valence electrons. The van der Waals surface area contributed by atoms with Crippen LogP contribution in [0.5, 0.6) is 0 Å². The lowest BCUT2D eigenvalue weighted by molar-refractivity contribution is 0.446. The van der Waals surface area contributed by atoms with Crippen molar-refractivity contribution in [2.24, 2.45) is 7.05 Å². The molecule has 1 atom stereocenters. The van der Waals surface area contributed by atoms with Gasteiger partial charge in [-0.05, 0) is 37.3 Å². The minimum Gasteiger partial charge on any atom is -0.468 e. The van der Waals surface area contributed by atoms with Gasteiger partial charge in [-0.1, -0.05) is 11.6 Å². The molecule has 0 bridgehead atoms. The van der Waals surface area contributed by atoms with Gasteiger partial charge < -0.3 is 9.73 Å². The van der Waals surface area contributed by atoms with Gasteiger partial charge in [0.1, 0.15) is 11.6 Å². The Balaban J connectivity index is 1.95. The summed E-state index contributed by atoms with van der Waals surface area (Å²) in [5.41, 5.74) is 0.528. The molecule has 5 nitrogen and oxygen atoms in total. The molecule has 0 radical (unpaired) electrons. The summed E-state index contributed by atoms with van der Waals surface area (Å²) < 4.78 is 6.86. The van der Waals surface area contributed by atoms with Gasteiger partial charge in [0.15, 0.2) is 0 Å². The first-order valence-electron chi connectivity index (χ1n) is 6.98. The van der Waals surface area contributed by atoms with Gasteiger partial charge in [-0.2, -0.15) is 0 Å². The molecule has 0 aliphatic rings. The van der Waals surface area contributed by atoms with Crippen molar-refractivity contribution in [3.05, 3.63) is 63.6 Å². The first kappa shape index (κ1) is 14.8. The fraction of sp³-hybridized carbons (Fsp3) is 0.250. The van der Waals surface area contributed by atoms with Crippen molar-refractivity contribution in [1.29, 1.82) is 0 Å². The van der Waals surface area contributed by atoms with Gasteiger partial charge in [0.2, 0.25) is 0 Å². The van der Waals surface area contributed by atoms with E-state index in [1.165, 1.54) is 0 Å². The number of furan rings is 1. The maximum atomic E-state index is 12.4. The summed E-state index contributed by atoms with van der Waals surface area (Å²) in [7, 11) is 1.73. The normalized spacial score (nSPS) is 12.7. The predicted molar refractivity (Wildman–Crippen MR) is 86.0 cm³/mol. The Morgan fingerprint density at radius 3 is 2.95 bits per heavy atom. The zero-order valence-corrected chi connectivity index (χ0v) is 13.1. The summed E-state index contributed by atoms with van der Waals surface area (Å²) >= 11 is 5.99. The third-order valence-electron chi connectivity index (χ3n) is 3.62. The van der Waals surface area contributed by atoms with Gasteiger partial charge in [0.05, 0.1) is 29.8 Å². The molecule has 0 fully saturated rings. The van der Waals surface area contributed by atoms with E-state index in [2.05, 4.69) is 10.3 Å². The van der Waals surface area contributed by atoms with Crippen molar-refractivity contribution in [2.45, 2.75) is 19.5 Å². The first-order chi connectivity index (χ1) is 10.6. The number of aromatic nitrogens is 2. The molecular weight excluding hydrogens is 302 g/mol. The number of hydrogen-bond donors (Lipinski definition) is 1. The Morgan fingerprint density at radius 2 is 2.23 bits per heavy atom. The zero-order chi connectivity index (χ0) is 15.7. The quantitative estimate of drug-likeness (QED) is 0.803. The second kappa shape index (κ2) is 5.94. The molecule has 0 spiro atoms. The monoisotopic (exact) mass is 317 g/mol. The average Bonchev–Trinajstić information content (AvgIpc) is 3.01. The van der Waals surface area contributed by atoms with Gasteiger partial charge in [0.25, 0.3) is 5.56 Å². The molecular formula is C16H16ClN3O2. The number of hydrogen-bond acceptors (Lipinski definition) is 4. The summed E-state index contributed by atoms with van der Waals surface area (Å²) in [6.07, 6.45) is 1.63. The number of nitrogens with zero attached hydrogens (tertiary/aromatic N) is 2. The third kappa shape index (κ3) is 2.77. The summed E-state index contributed by atoms with van der Waals surface area (Å²) in [6.45, 7) is 2.53. The Kier molecular flexibility index (Phi) is 4.00. The van der Waals surface area contributed by atoms with Crippen LogP contribution in [0.2, 0.25) is 5.02 Å². The van der Waals surface area contributed by atoms with Crippen molar-refractivity contribution < 1.29 is 4.42 Å². The van der Waals surface area contributed by atoms with Crippen LogP contribution >= 0.6 is 11.6 Å². The van der Waals surface area contributed by atoms with E-state index in [0.29, 0.717) is 28.3 Å². The number of nitrogens with one attached hydrogen (secondary N) is 1. The second-order valence-corrected chi connectivity index (χ2v) is 5.61. The summed E-state index contributed by atoms with van der Waals surface area (Å²) in [5, 5.41) is 4.43. The van der Waals surface area contributed by atoms with Crippen LogP contribution in [0.1, 0.15) is 24.6 Å². The highest BCUT2D eigenvalue weighted by Gasteiger charge is 2.14. The lowest BCUT2D eigenvalue weighted by atomic mass is 10.2. The lowest BCUT2D eigenvalue weighted by Gasteiger charge is -2.16.